The maximum Gasteiger partial charge on any atom is 0.262 e. The minimum absolute atomic E-state index is 0.0759. The summed E-state index contributed by atoms with van der Waals surface area (Å²) in [6, 6.07) is 13.2. The highest BCUT2D eigenvalue weighted by Gasteiger charge is 2.15. The second kappa shape index (κ2) is 9.27. The molecule has 4 aromatic rings. The number of para-hydroxylation sites is 2. The first-order chi connectivity index (χ1) is 15.5. The zero-order valence-electron chi connectivity index (χ0n) is 18.0. The van der Waals surface area contributed by atoms with Crippen molar-refractivity contribution in [1.82, 2.24) is 19.7 Å². The molecule has 2 aromatic heterocycles. The number of carbonyl (C=O) groups excluding carboxylic acids is 1. The molecule has 0 bridgehead atoms. The number of aromatic amines is 1. The van der Waals surface area contributed by atoms with E-state index in [1.807, 2.05) is 51.1 Å². The smallest absolute Gasteiger partial charge is 0.262 e. The van der Waals surface area contributed by atoms with Gasteiger partial charge in [0.25, 0.3) is 5.56 Å². The number of fused-ring (bicyclic) bond motifs is 1. The molecule has 4 rings (SSSR count). The second-order valence-corrected chi connectivity index (χ2v) is 8.11. The summed E-state index contributed by atoms with van der Waals surface area (Å²) in [7, 11) is 0. The van der Waals surface area contributed by atoms with Crippen LogP contribution in [0.5, 0.6) is 5.75 Å². The number of amides is 1. The summed E-state index contributed by atoms with van der Waals surface area (Å²) in [5.41, 5.74) is 3.79. The number of H-pyrrole nitrogens is 1. The van der Waals surface area contributed by atoms with Crippen molar-refractivity contribution in [2.45, 2.75) is 25.9 Å². The number of rotatable bonds is 7. The van der Waals surface area contributed by atoms with Crippen LogP contribution in [-0.2, 0) is 4.79 Å². The Morgan fingerprint density at radius 3 is 2.81 bits per heavy atom. The number of benzene rings is 2. The molecule has 32 heavy (non-hydrogen) atoms. The largest absolute Gasteiger partial charge is 0.492 e. The fourth-order valence-electron chi connectivity index (χ4n) is 3.28. The van der Waals surface area contributed by atoms with E-state index in [1.54, 1.807) is 16.8 Å². The molecule has 8 nitrogen and oxygen atoms in total. The van der Waals surface area contributed by atoms with E-state index in [0.29, 0.717) is 34.2 Å². The van der Waals surface area contributed by atoms with Gasteiger partial charge < -0.3 is 15.0 Å². The number of thioether (sulfide) groups is 1. The number of nitrogens with one attached hydrogen (secondary N) is 2. The first-order valence-corrected chi connectivity index (χ1v) is 11.2. The number of ether oxygens (including phenoxy) is 1. The Bertz CT molecular complexity index is 1350. The average molecular weight is 450 g/mol. The van der Waals surface area contributed by atoms with Crippen molar-refractivity contribution in [3.63, 3.8) is 0 Å². The number of anilines is 1. The van der Waals surface area contributed by atoms with Gasteiger partial charge in [-0.2, -0.15) is 5.10 Å². The summed E-state index contributed by atoms with van der Waals surface area (Å²) in [6.07, 6.45) is 1.51. The van der Waals surface area contributed by atoms with E-state index >= 15 is 0 Å². The van der Waals surface area contributed by atoms with Crippen LogP contribution in [0, 0.1) is 13.8 Å². The summed E-state index contributed by atoms with van der Waals surface area (Å²) in [5, 5.41) is 7.96. The molecule has 0 fully saturated rings. The van der Waals surface area contributed by atoms with Crippen LogP contribution in [0.15, 0.2) is 58.6 Å². The second-order valence-electron chi connectivity index (χ2n) is 7.15. The summed E-state index contributed by atoms with van der Waals surface area (Å²) >= 11 is 1.15. The lowest BCUT2D eigenvalue weighted by atomic mass is 10.1. The summed E-state index contributed by atoms with van der Waals surface area (Å²) < 4.78 is 7.20. The molecule has 164 valence electrons. The van der Waals surface area contributed by atoms with Crippen molar-refractivity contribution in [3.8, 4) is 11.4 Å². The first-order valence-electron chi connectivity index (χ1n) is 10.2. The molecule has 9 heteroatoms. The Kier molecular flexibility index (Phi) is 6.27. The van der Waals surface area contributed by atoms with Crippen LogP contribution in [0.4, 0.5) is 5.69 Å². The molecule has 0 aliphatic heterocycles. The van der Waals surface area contributed by atoms with E-state index < -0.39 is 0 Å². The number of aryl methyl sites for hydroxylation is 1. The predicted molar refractivity (Wildman–Crippen MR) is 126 cm³/mol. The maximum atomic E-state index is 12.6. The topological polar surface area (TPSA) is 102 Å². The van der Waals surface area contributed by atoms with E-state index in [9.17, 15) is 9.59 Å². The van der Waals surface area contributed by atoms with Crippen molar-refractivity contribution in [3.05, 3.63) is 70.1 Å². The Hall–Kier alpha value is -3.59. The third kappa shape index (κ3) is 4.38. The van der Waals surface area contributed by atoms with Gasteiger partial charge in [0, 0.05) is 0 Å². The van der Waals surface area contributed by atoms with Gasteiger partial charge in [0.2, 0.25) is 5.91 Å². The Balaban J connectivity index is 1.56. The van der Waals surface area contributed by atoms with Crippen LogP contribution in [0.1, 0.15) is 18.1 Å². The number of hydrogen-bond acceptors (Lipinski definition) is 6. The molecule has 0 saturated carbocycles. The highest BCUT2D eigenvalue weighted by molar-refractivity contribution is 7.99. The third-order valence-corrected chi connectivity index (χ3v) is 5.89. The van der Waals surface area contributed by atoms with Crippen molar-refractivity contribution in [1.29, 1.82) is 0 Å². The molecule has 0 unspecified atom stereocenters. The molecule has 1 amide bonds. The first kappa shape index (κ1) is 21.6. The molecule has 0 aliphatic rings. The average Bonchev–Trinajstić information content (AvgIpc) is 3.20. The van der Waals surface area contributed by atoms with Gasteiger partial charge in [-0.1, -0.05) is 36.0 Å². The van der Waals surface area contributed by atoms with Gasteiger partial charge >= 0.3 is 0 Å². The molecule has 2 N–H and O–H groups in total. The zero-order valence-corrected chi connectivity index (χ0v) is 18.8. The Morgan fingerprint density at radius 2 is 2.00 bits per heavy atom. The number of nitrogens with zero attached hydrogens (tertiary/aromatic N) is 3. The van der Waals surface area contributed by atoms with Gasteiger partial charge in [0.15, 0.2) is 10.8 Å². The fourth-order valence-corrected chi connectivity index (χ4v) is 3.94. The number of carbonyl (C=O) groups is 1. The van der Waals surface area contributed by atoms with E-state index in [4.69, 9.17) is 4.74 Å². The lowest BCUT2D eigenvalue weighted by molar-refractivity contribution is -0.113. The van der Waals surface area contributed by atoms with E-state index in [0.717, 1.165) is 28.6 Å². The molecule has 0 aliphatic carbocycles. The van der Waals surface area contributed by atoms with Gasteiger partial charge in [-0.25, -0.2) is 9.67 Å². The number of hydrogen-bond donors (Lipinski definition) is 2. The zero-order chi connectivity index (χ0) is 22.7. The Morgan fingerprint density at radius 1 is 1.19 bits per heavy atom. The van der Waals surface area contributed by atoms with Crippen LogP contribution in [0.25, 0.3) is 16.7 Å². The highest BCUT2D eigenvalue weighted by atomic mass is 32.2. The van der Waals surface area contributed by atoms with Crippen LogP contribution < -0.4 is 15.6 Å². The molecule has 2 aromatic carbocycles. The lowest BCUT2D eigenvalue weighted by Crippen LogP contribution is -2.16. The molecule has 0 spiro atoms. The van der Waals surface area contributed by atoms with Crippen LogP contribution in [0.3, 0.4) is 0 Å². The fraction of sp³-hybridized carbons (Fsp3) is 0.217. The van der Waals surface area contributed by atoms with E-state index in [1.165, 1.54) is 6.20 Å². The van der Waals surface area contributed by atoms with Crippen LogP contribution in [-0.4, -0.2) is 38.0 Å². The summed E-state index contributed by atoms with van der Waals surface area (Å²) in [5.74, 6) is 0.457. The lowest BCUT2D eigenvalue weighted by Gasteiger charge is -2.11. The normalized spacial score (nSPS) is 11.0. The SMILES string of the molecule is CCOc1ccccc1NC(=O)CSc1nc2c(cnn2-c2cccc(C)c2C)c(=O)[nH]1. The van der Waals surface area contributed by atoms with Gasteiger partial charge in [0.05, 0.1) is 29.9 Å². The molecular weight excluding hydrogens is 426 g/mol. The molecule has 0 saturated heterocycles. The van der Waals surface area contributed by atoms with Crippen LogP contribution in [0.2, 0.25) is 0 Å². The number of aromatic nitrogens is 4. The minimum atomic E-state index is -0.295. The van der Waals surface area contributed by atoms with Crippen molar-refractivity contribution in [2.24, 2.45) is 0 Å². The minimum Gasteiger partial charge on any atom is -0.492 e. The molecule has 0 radical (unpaired) electrons. The van der Waals surface area contributed by atoms with Crippen LogP contribution >= 0.6 is 11.8 Å². The third-order valence-electron chi connectivity index (χ3n) is 5.02. The molecule has 2 heterocycles. The van der Waals surface area contributed by atoms with E-state index in [2.05, 4.69) is 20.4 Å². The molecular formula is C23H23N5O3S. The highest BCUT2D eigenvalue weighted by Crippen LogP contribution is 2.25. The molecule has 0 atom stereocenters. The van der Waals surface area contributed by atoms with Gasteiger partial charge in [0.1, 0.15) is 11.1 Å². The van der Waals surface area contributed by atoms with Gasteiger partial charge in [-0.3, -0.25) is 9.59 Å². The summed E-state index contributed by atoms with van der Waals surface area (Å²) in [6.45, 7) is 6.41. The van der Waals surface area contributed by atoms with Crippen molar-refractivity contribution in [2.75, 3.05) is 17.7 Å². The van der Waals surface area contributed by atoms with Crippen molar-refractivity contribution >= 4 is 34.4 Å². The quantitative estimate of drug-likeness (QED) is 0.328. The maximum absolute atomic E-state index is 12.6. The predicted octanol–water partition coefficient (Wildman–Crippen LogP) is 3.86. The monoisotopic (exact) mass is 449 g/mol. The van der Waals surface area contributed by atoms with E-state index in [-0.39, 0.29) is 17.2 Å². The standard InChI is InChI=1S/C23H23N5O3S/c1-4-31-19-11-6-5-9-17(19)25-20(29)13-32-23-26-21-16(22(30)27-23)12-24-28(21)18-10-7-8-14(2)15(18)3/h5-12H,4,13H2,1-3H3,(H,25,29)(H,26,27,30). The van der Waals surface area contributed by atoms with Gasteiger partial charge in [-0.15, -0.1) is 0 Å². The summed E-state index contributed by atoms with van der Waals surface area (Å²) in [4.78, 5) is 32.4. The van der Waals surface area contributed by atoms with Crippen molar-refractivity contribution < 1.29 is 9.53 Å². The Labute approximate surface area is 189 Å². The van der Waals surface area contributed by atoms with Gasteiger partial charge in [-0.05, 0) is 50.1 Å².